The molecule has 0 bridgehead atoms. The topological polar surface area (TPSA) is 52.0 Å². The molecular formula is C36H52N2Si2. The van der Waals surface area contributed by atoms with Crippen LogP contribution in [0, 0.1) is 22.9 Å². The van der Waals surface area contributed by atoms with Gasteiger partial charge in [0.15, 0.2) is 0 Å². The van der Waals surface area contributed by atoms with Crippen molar-refractivity contribution < 1.29 is 0 Å². The van der Waals surface area contributed by atoms with E-state index in [2.05, 4.69) is 136 Å². The number of nitrogens with two attached hydrogens (primary N) is 2. The lowest BCUT2D eigenvalue weighted by atomic mass is 9.91. The number of anilines is 2. The number of rotatable bonds is 6. The van der Waals surface area contributed by atoms with Gasteiger partial charge in [0.05, 0.1) is 11.4 Å². The molecule has 0 fully saturated rings. The molecule has 3 rings (SSSR count). The molecule has 3 aromatic carbocycles. The SMILES string of the molecule is CC(C)[Si](C#Cc1c2ccccc2c(C#C[Si](C(C)C)(C(C)C)C(C)C)c2c(N)c(N)ccc12)(C(C)C)C(C)C. The van der Waals surface area contributed by atoms with Crippen LogP contribution in [0.2, 0.25) is 33.2 Å². The van der Waals surface area contributed by atoms with Crippen molar-refractivity contribution >= 4 is 49.1 Å². The van der Waals surface area contributed by atoms with Crippen molar-refractivity contribution in [2.75, 3.05) is 11.5 Å². The molecule has 0 amide bonds. The molecule has 0 atom stereocenters. The first-order valence-electron chi connectivity index (χ1n) is 15.2. The third kappa shape index (κ3) is 5.22. The molecule has 0 heterocycles. The van der Waals surface area contributed by atoms with Gasteiger partial charge in [-0.3, -0.25) is 0 Å². The van der Waals surface area contributed by atoms with Gasteiger partial charge in [-0.15, -0.1) is 11.1 Å². The van der Waals surface area contributed by atoms with E-state index in [1.165, 1.54) is 0 Å². The van der Waals surface area contributed by atoms with Gasteiger partial charge in [-0.05, 0) is 50.1 Å². The van der Waals surface area contributed by atoms with E-state index in [9.17, 15) is 0 Å². The van der Waals surface area contributed by atoms with Gasteiger partial charge in [0.2, 0.25) is 0 Å². The molecule has 0 aliphatic heterocycles. The average Bonchev–Trinajstić information content (AvgIpc) is 2.86. The van der Waals surface area contributed by atoms with Crippen molar-refractivity contribution in [1.82, 2.24) is 0 Å². The maximum Gasteiger partial charge on any atom is 0.146 e. The Morgan fingerprint density at radius 1 is 0.500 bits per heavy atom. The van der Waals surface area contributed by atoms with Crippen LogP contribution in [0.15, 0.2) is 36.4 Å². The molecule has 0 aromatic heterocycles. The Morgan fingerprint density at radius 3 is 1.27 bits per heavy atom. The summed E-state index contributed by atoms with van der Waals surface area (Å²) in [5, 5.41) is 4.29. The van der Waals surface area contributed by atoms with E-state index >= 15 is 0 Å². The minimum atomic E-state index is -1.96. The predicted octanol–water partition coefficient (Wildman–Crippen LogP) is 10.3. The minimum absolute atomic E-state index is 0.547. The summed E-state index contributed by atoms with van der Waals surface area (Å²) >= 11 is 0. The largest absolute Gasteiger partial charge is 0.397 e. The maximum absolute atomic E-state index is 6.80. The highest BCUT2D eigenvalue weighted by molar-refractivity contribution is 6.91. The summed E-state index contributed by atoms with van der Waals surface area (Å²) in [6.07, 6.45) is 0. The second-order valence-electron chi connectivity index (χ2n) is 13.6. The van der Waals surface area contributed by atoms with Crippen LogP contribution in [0.25, 0.3) is 21.5 Å². The zero-order chi connectivity index (χ0) is 30.2. The molecule has 0 aliphatic carbocycles. The summed E-state index contributed by atoms with van der Waals surface area (Å²) < 4.78 is 0. The third-order valence-electron chi connectivity index (χ3n) is 9.80. The van der Waals surface area contributed by atoms with Crippen molar-refractivity contribution in [2.24, 2.45) is 0 Å². The van der Waals surface area contributed by atoms with Gasteiger partial charge >= 0.3 is 0 Å². The Bertz CT molecular complexity index is 1460. The first-order valence-corrected chi connectivity index (χ1v) is 19.7. The number of hydrogen-bond donors (Lipinski definition) is 2. The molecule has 0 aliphatic rings. The first kappa shape index (κ1) is 31.9. The van der Waals surface area contributed by atoms with Crippen LogP contribution in [-0.4, -0.2) is 16.1 Å². The van der Waals surface area contributed by atoms with Gasteiger partial charge < -0.3 is 11.5 Å². The zero-order valence-corrected chi connectivity index (χ0v) is 29.1. The monoisotopic (exact) mass is 568 g/mol. The lowest BCUT2D eigenvalue weighted by Crippen LogP contribution is -2.43. The van der Waals surface area contributed by atoms with Crippen molar-refractivity contribution in [2.45, 2.75) is 116 Å². The standard InChI is InChI=1S/C36H52N2Si2/c1-23(2)39(24(3)4,25(5)6)21-19-31-29-15-13-14-16-30(29)33(35-32(31)17-18-34(37)36(35)38)20-22-40(26(7)8,27(9)10)28(11)12/h13-18,23-28H,37-38H2,1-12H3. The first-order chi connectivity index (χ1) is 18.6. The summed E-state index contributed by atoms with van der Waals surface area (Å²) in [4.78, 5) is 0. The van der Waals surface area contributed by atoms with Gasteiger partial charge in [-0.25, -0.2) is 0 Å². The predicted molar refractivity (Wildman–Crippen MR) is 186 cm³/mol. The summed E-state index contributed by atoms with van der Waals surface area (Å²) in [7, 11) is -3.90. The van der Waals surface area contributed by atoms with E-state index in [0.29, 0.717) is 44.6 Å². The lowest BCUT2D eigenvalue weighted by molar-refractivity contribution is 0.838. The Labute approximate surface area is 246 Å². The van der Waals surface area contributed by atoms with Crippen LogP contribution in [-0.2, 0) is 0 Å². The molecule has 0 saturated carbocycles. The van der Waals surface area contributed by atoms with Crippen LogP contribution < -0.4 is 11.5 Å². The summed E-state index contributed by atoms with van der Waals surface area (Å²) in [5.74, 6) is 7.57. The van der Waals surface area contributed by atoms with E-state index in [-0.39, 0.29) is 0 Å². The van der Waals surface area contributed by atoms with Crippen molar-refractivity contribution in [3.63, 3.8) is 0 Å². The average molecular weight is 569 g/mol. The normalized spacial score (nSPS) is 12.7. The highest BCUT2D eigenvalue weighted by Gasteiger charge is 2.42. The second-order valence-corrected chi connectivity index (χ2v) is 24.7. The van der Waals surface area contributed by atoms with Crippen LogP contribution in [0.5, 0.6) is 0 Å². The summed E-state index contributed by atoms with van der Waals surface area (Å²) in [6.45, 7) is 28.3. The lowest BCUT2D eigenvalue weighted by Gasteiger charge is -2.38. The molecule has 2 nitrogen and oxygen atoms in total. The van der Waals surface area contributed by atoms with Crippen molar-refractivity contribution in [1.29, 1.82) is 0 Å². The second kappa shape index (κ2) is 12.1. The van der Waals surface area contributed by atoms with Gasteiger partial charge in [-0.1, -0.05) is 125 Å². The molecule has 0 saturated heterocycles. The fourth-order valence-corrected chi connectivity index (χ4v) is 18.2. The molecule has 0 radical (unpaired) electrons. The molecular weight excluding hydrogens is 517 g/mol. The Balaban J connectivity index is 2.55. The van der Waals surface area contributed by atoms with Crippen LogP contribution in [0.3, 0.4) is 0 Å². The zero-order valence-electron chi connectivity index (χ0n) is 27.1. The van der Waals surface area contributed by atoms with Crippen LogP contribution >= 0.6 is 0 Å². The quantitative estimate of drug-likeness (QED) is 0.134. The molecule has 0 spiro atoms. The maximum atomic E-state index is 6.80. The highest BCUT2D eigenvalue weighted by atomic mass is 28.3. The third-order valence-corrected chi connectivity index (χ3v) is 22.4. The molecule has 4 heteroatoms. The Morgan fingerprint density at radius 2 is 0.875 bits per heavy atom. The van der Waals surface area contributed by atoms with Gasteiger partial charge in [0.25, 0.3) is 0 Å². The van der Waals surface area contributed by atoms with Crippen LogP contribution in [0.4, 0.5) is 11.4 Å². The van der Waals surface area contributed by atoms with E-state index < -0.39 is 16.1 Å². The molecule has 40 heavy (non-hydrogen) atoms. The Hall–Kier alpha value is -2.67. The van der Waals surface area contributed by atoms with E-state index in [0.717, 1.165) is 32.7 Å². The molecule has 214 valence electrons. The Kier molecular flexibility index (Phi) is 9.60. The molecule has 4 N–H and O–H groups in total. The molecule has 0 unspecified atom stereocenters. The van der Waals surface area contributed by atoms with Crippen molar-refractivity contribution in [3.05, 3.63) is 47.5 Å². The van der Waals surface area contributed by atoms with Gasteiger partial charge in [0.1, 0.15) is 16.1 Å². The summed E-state index contributed by atoms with van der Waals surface area (Å²) in [6, 6.07) is 12.7. The minimum Gasteiger partial charge on any atom is -0.397 e. The van der Waals surface area contributed by atoms with Gasteiger partial charge in [0, 0.05) is 21.9 Å². The summed E-state index contributed by atoms with van der Waals surface area (Å²) in [5.41, 5.74) is 27.8. The number of nitrogen functional groups attached to an aromatic ring is 2. The number of hydrogen-bond acceptors (Lipinski definition) is 2. The number of fused-ring (bicyclic) bond motifs is 2. The van der Waals surface area contributed by atoms with Gasteiger partial charge in [-0.2, -0.15) is 0 Å². The van der Waals surface area contributed by atoms with Crippen molar-refractivity contribution in [3.8, 4) is 22.9 Å². The smallest absolute Gasteiger partial charge is 0.146 e. The number of benzene rings is 3. The fraction of sp³-hybridized carbons (Fsp3) is 0.500. The van der Waals surface area contributed by atoms with Crippen LogP contribution in [0.1, 0.15) is 94.2 Å². The fourth-order valence-electron chi connectivity index (χ4n) is 7.78. The van der Waals surface area contributed by atoms with E-state index in [1.54, 1.807) is 0 Å². The van der Waals surface area contributed by atoms with E-state index in [1.807, 2.05) is 6.07 Å². The molecule has 3 aromatic rings. The van der Waals surface area contributed by atoms with E-state index in [4.69, 9.17) is 11.5 Å². The highest BCUT2D eigenvalue weighted by Crippen LogP contribution is 2.43.